The first kappa shape index (κ1) is 12.9. The van der Waals surface area contributed by atoms with E-state index in [9.17, 15) is 4.79 Å². The molecule has 3 rings (SSSR count). The van der Waals surface area contributed by atoms with Crippen LogP contribution >= 0.6 is 0 Å². The summed E-state index contributed by atoms with van der Waals surface area (Å²) in [7, 11) is 1.66. The molecule has 1 unspecified atom stereocenters. The molecule has 102 valence electrons. The molecular weight excluding hydrogens is 252 g/mol. The van der Waals surface area contributed by atoms with Gasteiger partial charge in [0.1, 0.15) is 11.7 Å². The molecule has 0 N–H and O–H groups in total. The number of Topliss-reactive ketones (excluding diaryl/α,β-unsaturated/α-hetero) is 1. The number of carbonyl (C=O) groups excluding carboxylic acids is 1. The molecule has 1 saturated heterocycles. The Bertz CT molecular complexity index is 715. The summed E-state index contributed by atoms with van der Waals surface area (Å²) in [5.41, 5.74) is 1.25. The third-order valence-corrected chi connectivity index (χ3v) is 3.99. The van der Waals surface area contributed by atoms with Crippen LogP contribution in [0.3, 0.4) is 0 Å². The van der Waals surface area contributed by atoms with E-state index in [4.69, 9.17) is 10.00 Å². The molecule has 0 bridgehead atoms. The third-order valence-electron chi connectivity index (χ3n) is 3.99. The lowest BCUT2D eigenvalue weighted by Gasteiger charge is -2.30. The highest BCUT2D eigenvalue weighted by atomic mass is 16.5. The first-order valence-electron chi connectivity index (χ1n) is 6.75. The Kier molecular flexibility index (Phi) is 3.29. The van der Waals surface area contributed by atoms with Gasteiger partial charge in [-0.2, -0.15) is 5.26 Å². The van der Waals surface area contributed by atoms with Crippen LogP contribution in [0.25, 0.3) is 11.6 Å². The molecule has 1 heterocycles. The van der Waals surface area contributed by atoms with Gasteiger partial charge in [-0.25, -0.2) is 0 Å². The van der Waals surface area contributed by atoms with E-state index >= 15 is 0 Å². The Balaban J connectivity index is 1.77. The molecule has 20 heavy (non-hydrogen) atoms. The molecule has 1 aromatic carbocycles. The van der Waals surface area contributed by atoms with Gasteiger partial charge in [0, 0.05) is 26.1 Å². The Morgan fingerprint density at radius 3 is 3.10 bits per heavy atom. The minimum absolute atomic E-state index is 0.0772. The van der Waals surface area contributed by atoms with Gasteiger partial charge < -0.3 is 4.74 Å². The molecule has 4 heteroatoms. The molecule has 1 aliphatic heterocycles. The van der Waals surface area contributed by atoms with E-state index < -0.39 is 5.92 Å². The van der Waals surface area contributed by atoms with Crippen molar-refractivity contribution in [2.24, 2.45) is 5.92 Å². The zero-order valence-corrected chi connectivity index (χ0v) is 11.4. The summed E-state index contributed by atoms with van der Waals surface area (Å²) in [6.07, 6.45) is 2.64. The number of fused-ring (bicyclic) bond motifs is 1. The summed E-state index contributed by atoms with van der Waals surface area (Å²) in [5.74, 6) is 0.473. The normalized spacial score (nSPS) is 21.5. The number of methoxy groups -OCH3 is 1. The molecular formula is C16H16N2O2. The van der Waals surface area contributed by atoms with E-state index in [0.29, 0.717) is 13.0 Å². The Morgan fingerprint density at radius 2 is 2.35 bits per heavy atom. The van der Waals surface area contributed by atoms with E-state index in [0.717, 1.165) is 18.8 Å². The van der Waals surface area contributed by atoms with Crippen molar-refractivity contribution in [3.8, 4) is 11.8 Å². The van der Waals surface area contributed by atoms with Crippen molar-refractivity contribution in [1.29, 1.82) is 5.26 Å². The van der Waals surface area contributed by atoms with E-state index in [1.807, 2.05) is 12.1 Å². The maximum absolute atomic E-state index is 11.5. The first-order chi connectivity index (χ1) is 9.71. The highest BCUT2D eigenvalue weighted by Gasteiger charge is 2.27. The van der Waals surface area contributed by atoms with Crippen LogP contribution in [0.15, 0.2) is 18.2 Å². The SMILES string of the molecule is COc1ccc2c(c1)=C(CN1CCC(=O)C(C#N)C1)C=2. The molecule has 0 amide bonds. The monoisotopic (exact) mass is 268 g/mol. The molecule has 1 aromatic rings. The largest absolute Gasteiger partial charge is 0.497 e. The topological polar surface area (TPSA) is 53.3 Å². The average Bonchev–Trinajstić information content (AvgIpc) is 2.46. The first-order valence-corrected chi connectivity index (χ1v) is 6.75. The van der Waals surface area contributed by atoms with Crippen molar-refractivity contribution in [2.45, 2.75) is 6.42 Å². The van der Waals surface area contributed by atoms with Crippen molar-refractivity contribution < 1.29 is 9.53 Å². The smallest absolute Gasteiger partial charge is 0.152 e. The molecule has 0 radical (unpaired) electrons. The van der Waals surface area contributed by atoms with Gasteiger partial charge in [-0.05, 0) is 34.2 Å². The van der Waals surface area contributed by atoms with E-state index in [1.165, 1.54) is 16.0 Å². The van der Waals surface area contributed by atoms with E-state index in [2.05, 4.69) is 23.1 Å². The molecule has 1 fully saturated rings. The minimum atomic E-state index is -0.464. The summed E-state index contributed by atoms with van der Waals surface area (Å²) in [6.45, 7) is 2.09. The molecule has 0 aromatic heterocycles. The Labute approximate surface area is 117 Å². The lowest BCUT2D eigenvalue weighted by molar-refractivity contribution is -0.124. The van der Waals surface area contributed by atoms with Crippen LogP contribution in [0.4, 0.5) is 0 Å². The van der Waals surface area contributed by atoms with E-state index in [1.54, 1.807) is 7.11 Å². The molecule has 1 aliphatic carbocycles. The summed E-state index contributed by atoms with van der Waals surface area (Å²) in [5, 5.41) is 11.4. The van der Waals surface area contributed by atoms with Crippen LogP contribution in [0, 0.1) is 17.2 Å². The highest BCUT2D eigenvalue weighted by Crippen LogP contribution is 2.15. The summed E-state index contributed by atoms with van der Waals surface area (Å²) in [6, 6.07) is 8.15. The van der Waals surface area contributed by atoms with Gasteiger partial charge >= 0.3 is 0 Å². The summed E-state index contributed by atoms with van der Waals surface area (Å²) in [4.78, 5) is 13.7. The number of likely N-dealkylation sites (tertiary alicyclic amines) is 1. The second-order valence-corrected chi connectivity index (χ2v) is 5.26. The van der Waals surface area contributed by atoms with Gasteiger partial charge in [0.2, 0.25) is 0 Å². The second kappa shape index (κ2) is 5.10. The fourth-order valence-electron chi connectivity index (χ4n) is 2.78. The quantitative estimate of drug-likeness (QED) is 0.777. The number of nitrogens with zero attached hydrogens (tertiary/aromatic N) is 2. The lowest BCUT2D eigenvalue weighted by atomic mass is 9.95. The number of hydrogen-bond donors (Lipinski definition) is 0. The number of piperidine rings is 1. The van der Waals surface area contributed by atoms with Crippen LogP contribution < -0.4 is 15.2 Å². The van der Waals surface area contributed by atoms with Crippen LogP contribution in [-0.4, -0.2) is 37.4 Å². The third kappa shape index (κ3) is 2.21. The fraction of sp³-hybridized carbons (Fsp3) is 0.375. The number of hydrogen-bond acceptors (Lipinski definition) is 4. The summed E-state index contributed by atoms with van der Waals surface area (Å²) < 4.78 is 5.24. The maximum Gasteiger partial charge on any atom is 0.152 e. The standard InChI is InChI=1S/C16H16N2O2/c1-20-14-3-2-11-6-12(15(11)7-14)9-18-5-4-16(19)13(8-17)10-18/h2-3,6-7,13H,4-5,9-10H2,1H3. The Morgan fingerprint density at radius 1 is 1.50 bits per heavy atom. The summed E-state index contributed by atoms with van der Waals surface area (Å²) >= 11 is 0. The van der Waals surface area contributed by atoms with Crippen LogP contribution in [-0.2, 0) is 4.79 Å². The van der Waals surface area contributed by atoms with Crippen LogP contribution in [0.1, 0.15) is 6.42 Å². The van der Waals surface area contributed by atoms with Crippen molar-refractivity contribution >= 4 is 17.4 Å². The number of ether oxygens (including phenoxy) is 1. The Hall–Kier alpha value is -2.12. The number of benzene rings is 1. The van der Waals surface area contributed by atoms with Crippen molar-refractivity contribution in [2.75, 3.05) is 26.7 Å². The zero-order chi connectivity index (χ0) is 14.1. The van der Waals surface area contributed by atoms with Crippen LogP contribution in [0.5, 0.6) is 5.75 Å². The maximum atomic E-state index is 11.5. The lowest BCUT2D eigenvalue weighted by Crippen LogP contribution is -2.44. The van der Waals surface area contributed by atoms with Gasteiger partial charge in [0.25, 0.3) is 0 Å². The zero-order valence-electron chi connectivity index (χ0n) is 11.4. The van der Waals surface area contributed by atoms with Crippen LogP contribution in [0.2, 0.25) is 0 Å². The van der Waals surface area contributed by atoms with Gasteiger partial charge in [-0.15, -0.1) is 0 Å². The van der Waals surface area contributed by atoms with Gasteiger partial charge in [-0.1, -0.05) is 6.07 Å². The van der Waals surface area contributed by atoms with Gasteiger partial charge in [0.05, 0.1) is 13.2 Å². The number of rotatable bonds is 3. The predicted octanol–water partition coefficient (Wildman–Crippen LogP) is 0.0546. The predicted molar refractivity (Wildman–Crippen MR) is 75.3 cm³/mol. The average molecular weight is 268 g/mol. The van der Waals surface area contributed by atoms with Crippen molar-refractivity contribution in [3.05, 3.63) is 28.6 Å². The fourth-order valence-corrected chi connectivity index (χ4v) is 2.78. The number of nitriles is 1. The highest BCUT2D eigenvalue weighted by molar-refractivity contribution is 5.85. The molecule has 0 saturated carbocycles. The molecule has 4 nitrogen and oxygen atoms in total. The second-order valence-electron chi connectivity index (χ2n) is 5.26. The molecule has 0 spiro atoms. The van der Waals surface area contributed by atoms with Gasteiger partial charge in [-0.3, -0.25) is 9.69 Å². The number of carbonyl (C=O) groups is 1. The molecule has 1 atom stereocenters. The minimum Gasteiger partial charge on any atom is -0.497 e. The number of ketones is 1. The van der Waals surface area contributed by atoms with Crippen molar-refractivity contribution in [1.82, 2.24) is 4.90 Å². The van der Waals surface area contributed by atoms with Gasteiger partial charge in [0.15, 0.2) is 5.78 Å². The molecule has 2 aliphatic rings. The van der Waals surface area contributed by atoms with E-state index in [-0.39, 0.29) is 5.78 Å². The van der Waals surface area contributed by atoms with Crippen molar-refractivity contribution in [3.63, 3.8) is 0 Å².